The first kappa shape index (κ1) is 16.9. The largest absolute Gasteiger partial charge is 0.466 e. The Hall–Kier alpha value is -1.92. The second kappa shape index (κ2) is 7.32. The van der Waals surface area contributed by atoms with Crippen molar-refractivity contribution in [2.75, 3.05) is 32.9 Å². The molecule has 0 saturated carbocycles. The Balaban J connectivity index is 1.74. The van der Waals surface area contributed by atoms with Gasteiger partial charge in [-0.2, -0.15) is 0 Å². The molecule has 1 aromatic carbocycles. The lowest BCUT2D eigenvalue weighted by Gasteiger charge is -2.43. The minimum atomic E-state index is -0.764. The van der Waals surface area contributed by atoms with E-state index < -0.39 is 5.79 Å². The molecule has 6 nitrogen and oxygen atoms in total. The SMILES string of the molecule is CCOC(=O)C[C@@H]1CN(C(=O)c2ccccc2)CCC12OCCO2. The maximum absolute atomic E-state index is 12.7. The number of carbonyl (C=O) groups is 2. The van der Waals surface area contributed by atoms with Gasteiger partial charge in [0.05, 0.1) is 26.2 Å². The minimum absolute atomic E-state index is 0.0303. The van der Waals surface area contributed by atoms with Crippen LogP contribution >= 0.6 is 0 Å². The number of rotatable bonds is 4. The molecule has 3 rings (SSSR count). The van der Waals surface area contributed by atoms with Crippen LogP contribution in [0.4, 0.5) is 0 Å². The first-order chi connectivity index (χ1) is 11.6. The highest BCUT2D eigenvalue weighted by Crippen LogP contribution is 2.38. The van der Waals surface area contributed by atoms with Crippen LogP contribution in [-0.2, 0) is 19.0 Å². The normalized spacial score (nSPS) is 22.5. The minimum Gasteiger partial charge on any atom is -0.466 e. The topological polar surface area (TPSA) is 65.1 Å². The lowest BCUT2D eigenvalue weighted by Crippen LogP contribution is -2.54. The van der Waals surface area contributed by atoms with E-state index in [0.29, 0.717) is 44.9 Å². The Kier molecular flexibility index (Phi) is 5.16. The molecule has 6 heteroatoms. The standard InChI is InChI=1S/C18H23NO5/c1-2-22-16(20)12-15-13-19(9-8-18(15)23-10-11-24-18)17(21)14-6-4-3-5-7-14/h3-7,15H,2,8-13H2,1H3/t15-/m1/s1. The van der Waals surface area contributed by atoms with E-state index in [9.17, 15) is 9.59 Å². The Morgan fingerprint density at radius 1 is 1.25 bits per heavy atom. The van der Waals surface area contributed by atoms with Crippen molar-refractivity contribution in [1.82, 2.24) is 4.90 Å². The summed E-state index contributed by atoms with van der Waals surface area (Å²) in [6.07, 6.45) is 0.752. The van der Waals surface area contributed by atoms with Crippen molar-refractivity contribution < 1.29 is 23.8 Å². The van der Waals surface area contributed by atoms with Gasteiger partial charge in [-0.3, -0.25) is 9.59 Å². The molecule has 0 aliphatic carbocycles. The molecule has 2 aliphatic rings. The molecule has 1 atom stereocenters. The van der Waals surface area contributed by atoms with E-state index in [1.54, 1.807) is 24.0 Å². The number of hydrogen-bond acceptors (Lipinski definition) is 5. The van der Waals surface area contributed by atoms with Crippen LogP contribution in [-0.4, -0.2) is 55.5 Å². The van der Waals surface area contributed by atoms with Crippen molar-refractivity contribution in [1.29, 1.82) is 0 Å². The fourth-order valence-electron chi connectivity index (χ4n) is 3.43. The fraction of sp³-hybridized carbons (Fsp3) is 0.556. The molecule has 0 radical (unpaired) electrons. The van der Waals surface area contributed by atoms with Gasteiger partial charge in [0.15, 0.2) is 5.79 Å². The monoisotopic (exact) mass is 333 g/mol. The van der Waals surface area contributed by atoms with E-state index in [0.717, 1.165) is 0 Å². The molecule has 0 aromatic heterocycles. The Morgan fingerprint density at radius 2 is 1.96 bits per heavy atom. The van der Waals surface area contributed by atoms with E-state index in [1.807, 2.05) is 18.2 Å². The summed E-state index contributed by atoms with van der Waals surface area (Å²) in [4.78, 5) is 26.4. The molecule has 1 spiro atoms. The Labute approximate surface area is 141 Å². The number of hydrogen-bond donors (Lipinski definition) is 0. The van der Waals surface area contributed by atoms with E-state index in [2.05, 4.69) is 0 Å². The smallest absolute Gasteiger partial charge is 0.306 e. The number of amides is 1. The third kappa shape index (κ3) is 3.44. The van der Waals surface area contributed by atoms with Crippen molar-refractivity contribution >= 4 is 11.9 Å². The van der Waals surface area contributed by atoms with E-state index in [-0.39, 0.29) is 24.2 Å². The lowest BCUT2D eigenvalue weighted by atomic mass is 9.87. The molecule has 0 unspecified atom stereocenters. The van der Waals surface area contributed by atoms with Crippen LogP contribution in [0.15, 0.2) is 30.3 Å². The summed E-state index contributed by atoms with van der Waals surface area (Å²) in [6.45, 7) is 4.13. The molecular formula is C18H23NO5. The highest BCUT2D eigenvalue weighted by molar-refractivity contribution is 5.94. The first-order valence-electron chi connectivity index (χ1n) is 8.42. The zero-order chi connectivity index (χ0) is 17.0. The van der Waals surface area contributed by atoms with Crippen LogP contribution in [0.2, 0.25) is 0 Å². The number of piperidine rings is 1. The van der Waals surface area contributed by atoms with Crippen LogP contribution < -0.4 is 0 Å². The number of esters is 1. The van der Waals surface area contributed by atoms with Gasteiger partial charge < -0.3 is 19.1 Å². The summed E-state index contributed by atoms with van der Waals surface area (Å²) in [5.41, 5.74) is 0.650. The zero-order valence-electron chi connectivity index (χ0n) is 13.9. The number of benzene rings is 1. The molecule has 0 bridgehead atoms. The van der Waals surface area contributed by atoms with Gasteiger partial charge in [-0.15, -0.1) is 0 Å². The van der Waals surface area contributed by atoms with Crippen molar-refractivity contribution in [3.05, 3.63) is 35.9 Å². The van der Waals surface area contributed by atoms with Gasteiger partial charge in [-0.05, 0) is 19.1 Å². The average Bonchev–Trinajstić information content (AvgIpc) is 3.07. The van der Waals surface area contributed by atoms with E-state index in [4.69, 9.17) is 14.2 Å². The predicted octanol–water partition coefficient (Wildman–Crippen LogP) is 1.84. The van der Waals surface area contributed by atoms with Crippen LogP contribution in [0, 0.1) is 5.92 Å². The maximum Gasteiger partial charge on any atom is 0.306 e. The summed E-state index contributed by atoms with van der Waals surface area (Å²) in [5, 5.41) is 0. The van der Waals surface area contributed by atoms with E-state index in [1.165, 1.54) is 0 Å². The molecule has 2 fully saturated rings. The number of ether oxygens (including phenoxy) is 3. The quantitative estimate of drug-likeness (QED) is 0.787. The van der Waals surface area contributed by atoms with Gasteiger partial charge in [0.2, 0.25) is 0 Å². The molecule has 24 heavy (non-hydrogen) atoms. The van der Waals surface area contributed by atoms with Crippen LogP contribution in [0.25, 0.3) is 0 Å². The summed E-state index contributed by atoms with van der Waals surface area (Å²) in [7, 11) is 0. The Bertz CT molecular complexity index is 582. The van der Waals surface area contributed by atoms with E-state index >= 15 is 0 Å². The van der Waals surface area contributed by atoms with Gasteiger partial charge in [-0.25, -0.2) is 0 Å². The Morgan fingerprint density at radius 3 is 2.62 bits per heavy atom. The summed E-state index contributed by atoms with van der Waals surface area (Å²) in [5.74, 6) is -1.30. The molecule has 2 saturated heterocycles. The second-order valence-electron chi connectivity index (χ2n) is 6.08. The first-order valence-corrected chi connectivity index (χ1v) is 8.42. The molecule has 1 aromatic rings. The van der Waals surface area contributed by atoms with Gasteiger partial charge in [0.1, 0.15) is 0 Å². The summed E-state index contributed by atoms with van der Waals surface area (Å²) >= 11 is 0. The van der Waals surface area contributed by atoms with Crippen molar-refractivity contribution in [3.63, 3.8) is 0 Å². The third-order valence-electron chi connectivity index (χ3n) is 4.60. The van der Waals surface area contributed by atoms with Gasteiger partial charge >= 0.3 is 5.97 Å². The van der Waals surface area contributed by atoms with Gasteiger partial charge in [0, 0.05) is 31.0 Å². The molecule has 2 heterocycles. The maximum atomic E-state index is 12.7. The molecular weight excluding hydrogens is 310 g/mol. The van der Waals surface area contributed by atoms with Gasteiger partial charge in [-0.1, -0.05) is 18.2 Å². The molecule has 0 N–H and O–H groups in total. The number of carbonyl (C=O) groups excluding carboxylic acids is 2. The van der Waals surface area contributed by atoms with Crippen molar-refractivity contribution in [3.8, 4) is 0 Å². The molecule has 130 valence electrons. The third-order valence-corrected chi connectivity index (χ3v) is 4.60. The van der Waals surface area contributed by atoms with Crippen LogP contribution in [0.3, 0.4) is 0 Å². The van der Waals surface area contributed by atoms with Crippen molar-refractivity contribution in [2.45, 2.75) is 25.6 Å². The average molecular weight is 333 g/mol. The zero-order valence-corrected chi connectivity index (χ0v) is 13.9. The summed E-state index contributed by atoms with van der Waals surface area (Å²) < 4.78 is 16.8. The van der Waals surface area contributed by atoms with Gasteiger partial charge in [0.25, 0.3) is 5.91 Å². The van der Waals surface area contributed by atoms with Crippen LogP contribution in [0.1, 0.15) is 30.1 Å². The summed E-state index contributed by atoms with van der Waals surface area (Å²) in [6, 6.07) is 9.17. The molecule has 2 aliphatic heterocycles. The molecule has 1 amide bonds. The lowest BCUT2D eigenvalue weighted by molar-refractivity contribution is -0.221. The highest BCUT2D eigenvalue weighted by atomic mass is 16.7. The fourth-order valence-corrected chi connectivity index (χ4v) is 3.43. The number of likely N-dealkylation sites (tertiary alicyclic amines) is 1. The van der Waals surface area contributed by atoms with Crippen LogP contribution in [0.5, 0.6) is 0 Å². The second-order valence-corrected chi connectivity index (χ2v) is 6.08. The highest BCUT2D eigenvalue weighted by Gasteiger charge is 2.49. The predicted molar refractivity (Wildman–Crippen MR) is 86.3 cm³/mol. The number of nitrogens with zero attached hydrogens (tertiary/aromatic N) is 1. The van der Waals surface area contributed by atoms with Crippen molar-refractivity contribution in [2.24, 2.45) is 5.92 Å².